The van der Waals surface area contributed by atoms with Crippen LogP contribution in [0.15, 0.2) is 35.3 Å². The molecule has 1 aliphatic carbocycles. The molecule has 1 saturated heterocycles. The molecular weight excluding hydrogens is 368 g/mol. The molecule has 2 aliphatic rings. The number of imidazole rings is 1. The quantitative estimate of drug-likeness (QED) is 0.714. The van der Waals surface area contributed by atoms with Crippen LogP contribution in [0.4, 0.5) is 0 Å². The van der Waals surface area contributed by atoms with Crippen molar-refractivity contribution in [2.75, 3.05) is 13.2 Å². The number of aryl methyl sites for hydroxylation is 1. The van der Waals surface area contributed by atoms with Gasteiger partial charge in [0.05, 0.1) is 5.52 Å². The molecule has 29 heavy (non-hydrogen) atoms. The maximum absolute atomic E-state index is 12.6. The summed E-state index contributed by atoms with van der Waals surface area (Å²) in [7, 11) is 0. The van der Waals surface area contributed by atoms with Gasteiger partial charge in [0, 0.05) is 42.6 Å². The van der Waals surface area contributed by atoms with Crippen molar-refractivity contribution < 1.29 is 9.53 Å². The number of aromatic amines is 1. The van der Waals surface area contributed by atoms with E-state index in [2.05, 4.69) is 15.3 Å². The molecule has 5 rings (SSSR count). The van der Waals surface area contributed by atoms with Crippen LogP contribution < -0.4 is 11.0 Å². The minimum absolute atomic E-state index is 0.0399. The van der Waals surface area contributed by atoms with E-state index in [4.69, 9.17) is 4.74 Å². The molecule has 0 spiro atoms. The van der Waals surface area contributed by atoms with Crippen molar-refractivity contribution in [2.24, 2.45) is 0 Å². The van der Waals surface area contributed by atoms with Gasteiger partial charge in [-0.25, -0.2) is 9.78 Å². The molecule has 1 amide bonds. The molecule has 0 radical (unpaired) electrons. The first kappa shape index (κ1) is 18.1. The van der Waals surface area contributed by atoms with Crippen molar-refractivity contribution in [1.82, 2.24) is 19.9 Å². The summed E-state index contributed by atoms with van der Waals surface area (Å²) in [5, 5.41) is 3.03. The normalized spacial score (nSPS) is 17.6. The van der Waals surface area contributed by atoms with Gasteiger partial charge < -0.3 is 15.0 Å². The summed E-state index contributed by atoms with van der Waals surface area (Å²) in [5.41, 5.74) is 4.79. The van der Waals surface area contributed by atoms with Crippen molar-refractivity contribution in [2.45, 2.75) is 44.7 Å². The highest BCUT2D eigenvalue weighted by Gasteiger charge is 2.24. The Labute approximate surface area is 168 Å². The highest BCUT2D eigenvalue weighted by Crippen LogP contribution is 2.28. The van der Waals surface area contributed by atoms with E-state index in [0.29, 0.717) is 36.0 Å². The summed E-state index contributed by atoms with van der Waals surface area (Å²) in [6, 6.07) is 8.09. The Balaban J connectivity index is 1.52. The van der Waals surface area contributed by atoms with Gasteiger partial charge in [-0.1, -0.05) is 6.07 Å². The van der Waals surface area contributed by atoms with Crippen LogP contribution >= 0.6 is 0 Å². The van der Waals surface area contributed by atoms with E-state index in [-0.39, 0.29) is 17.6 Å². The molecule has 7 nitrogen and oxygen atoms in total. The molecule has 0 bridgehead atoms. The van der Waals surface area contributed by atoms with Gasteiger partial charge in [-0.15, -0.1) is 0 Å². The Morgan fingerprint density at radius 3 is 2.76 bits per heavy atom. The van der Waals surface area contributed by atoms with E-state index in [1.807, 2.05) is 31.2 Å². The van der Waals surface area contributed by atoms with E-state index in [9.17, 15) is 9.59 Å². The summed E-state index contributed by atoms with van der Waals surface area (Å²) >= 11 is 0. The van der Waals surface area contributed by atoms with E-state index in [1.54, 1.807) is 10.8 Å². The van der Waals surface area contributed by atoms with Crippen LogP contribution in [0.2, 0.25) is 0 Å². The van der Waals surface area contributed by atoms with Crippen LogP contribution in [0.3, 0.4) is 0 Å². The topological polar surface area (TPSA) is 89.0 Å². The van der Waals surface area contributed by atoms with Crippen LogP contribution in [0.1, 0.15) is 47.6 Å². The van der Waals surface area contributed by atoms with Gasteiger partial charge in [0.15, 0.2) is 5.65 Å². The van der Waals surface area contributed by atoms with E-state index in [1.165, 1.54) is 0 Å². The summed E-state index contributed by atoms with van der Waals surface area (Å²) in [6.45, 7) is 3.34. The molecule has 150 valence electrons. The Hall–Kier alpha value is -2.93. The zero-order chi connectivity index (χ0) is 20.0. The average molecular weight is 392 g/mol. The van der Waals surface area contributed by atoms with E-state index >= 15 is 0 Å². The van der Waals surface area contributed by atoms with Crippen molar-refractivity contribution >= 4 is 17.1 Å². The van der Waals surface area contributed by atoms with Gasteiger partial charge in [0.25, 0.3) is 5.91 Å². The van der Waals surface area contributed by atoms with Crippen LogP contribution in [0, 0.1) is 6.92 Å². The van der Waals surface area contributed by atoms with Gasteiger partial charge >= 0.3 is 5.69 Å². The number of nitrogens with zero attached hydrogens (tertiary/aromatic N) is 2. The number of aromatic nitrogens is 3. The van der Waals surface area contributed by atoms with Gasteiger partial charge in [-0.2, -0.15) is 0 Å². The van der Waals surface area contributed by atoms with Gasteiger partial charge in [-0.05, 0) is 61.9 Å². The number of carbonyl (C=O) groups is 1. The molecule has 0 unspecified atom stereocenters. The van der Waals surface area contributed by atoms with Crippen LogP contribution in [0.5, 0.6) is 0 Å². The van der Waals surface area contributed by atoms with Gasteiger partial charge in [0.1, 0.15) is 0 Å². The molecule has 1 aliphatic heterocycles. The Morgan fingerprint density at radius 1 is 1.21 bits per heavy atom. The minimum Gasteiger partial charge on any atom is -0.381 e. The van der Waals surface area contributed by atoms with Crippen LogP contribution in [-0.4, -0.2) is 39.7 Å². The third kappa shape index (κ3) is 3.46. The van der Waals surface area contributed by atoms with Crippen molar-refractivity contribution in [1.29, 1.82) is 0 Å². The number of rotatable bonds is 4. The predicted molar refractivity (Wildman–Crippen MR) is 110 cm³/mol. The third-order valence-corrected chi connectivity index (χ3v) is 5.83. The second-order valence-electron chi connectivity index (χ2n) is 8.02. The lowest BCUT2D eigenvalue weighted by Gasteiger charge is -2.22. The summed E-state index contributed by atoms with van der Waals surface area (Å²) in [6.07, 6.45) is 5.53. The molecule has 1 saturated carbocycles. The Kier molecular flexibility index (Phi) is 4.47. The number of amides is 1. The monoisotopic (exact) mass is 392 g/mol. The molecule has 3 aromatic rings. The smallest absolute Gasteiger partial charge is 0.327 e. The number of carbonyl (C=O) groups excluding carboxylic acids is 1. The summed E-state index contributed by atoms with van der Waals surface area (Å²) in [4.78, 5) is 32.6. The fraction of sp³-hybridized carbons (Fsp3) is 0.409. The average Bonchev–Trinajstić information content (AvgIpc) is 3.48. The summed E-state index contributed by atoms with van der Waals surface area (Å²) in [5.74, 6) is -0.0399. The number of pyridine rings is 1. The SMILES string of the molecule is Cc1ccc(C(=O)NC2CC2)cc1-c1cnc2c(c1)[nH]c(=O)n2C1CCOCC1. The molecule has 2 aromatic heterocycles. The first-order valence-electron chi connectivity index (χ1n) is 10.2. The first-order valence-corrected chi connectivity index (χ1v) is 10.2. The van der Waals surface area contributed by atoms with Crippen molar-refractivity contribution in [3.63, 3.8) is 0 Å². The molecule has 1 aromatic carbocycles. The summed E-state index contributed by atoms with van der Waals surface area (Å²) < 4.78 is 7.18. The zero-order valence-corrected chi connectivity index (χ0v) is 16.4. The number of hydrogen-bond acceptors (Lipinski definition) is 4. The molecule has 7 heteroatoms. The fourth-order valence-corrected chi connectivity index (χ4v) is 4.01. The standard InChI is InChI=1S/C22H24N4O3/c1-13-2-3-14(21(27)24-16-4-5-16)10-18(13)15-11-19-20(23-12-15)26(22(28)25-19)17-6-8-29-9-7-17/h2-3,10-12,16-17H,4-9H2,1H3,(H,24,27)(H,25,28). The van der Waals surface area contributed by atoms with Crippen LogP contribution in [0.25, 0.3) is 22.3 Å². The third-order valence-electron chi connectivity index (χ3n) is 5.83. The molecule has 2 fully saturated rings. The number of benzene rings is 1. The number of nitrogens with one attached hydrogen (secondary N) is 2. The van der Waals surface area contributed by atoms with Crippen LogP contribution in [-0.2, 0) is 4.74 Å². The van der Waals surface area contributed by atoms with E-state index in [0.717, 1.165) is 42.4 Å². The highest BCUT2D eigenvalue weighted by atomic mass is 16.5. The lowest BCUT2D eigenvalue weighted by molar-refractivity contribution is 0.0697. The maximum atomic E-state index is 12.6. The van der Waals surface area contributed by atoms with E-state index < -0.39 is 0 Å². The minimum atomic E-state index is -0.133. The lowest BCUT2D eigenvalue weighted by Crippen LogP contribution is -2.27. The van der Waals surface area contributed by atoms with Crippen molar-refractivity contribution in [3.05, 3.63) is 52.1 Å². The second-order valence-corrected chi connectivity index (χ2v) is 8.02. The molecule has 2 N–H and O–H groups in total. The fourth-order valence-electron chi connectivity index (χ4n) is 4.01. The largest absolute Gasteiger partial charge is 0.381 e. The second kappa shape index (κ2) is 7.15. The molecule has 0 atom stereocenters. The van der Waals surface area contributed by atoms with Crippen molar-refractivity contribution in [3.8, 4) is 11.1 Å². The molecular formula is C22H24N4O3. The number of fused-ring (bicyclic) bond motifs is 1. The maximum Gasteiger partial charge on any atom is 0.327 e. The van der Waals surface area contributed by atoms with Gasteiger partial charge in [0.2, 0.25) is 0 Å². The number of ether oxygens (including phenoxy) is 1. The zero-order valence-electron chi connectivity index (χ0n) is 16.4. The number of H-pyrrole nitrogens is 1. The lowest BCUT2D eigenvalue weighted by atomic mass is 9.99. The molecule has 3 heterocycles. The predicted octanol–water partition coefficient (Wildman–Crippen LogP) is 2.94. The Bertz CT molecular complexity index is 1140. The van der Waals surface area contributed by atoms with Gasteiger partial charge in [-0.3, -0.25) is 9.36 Å². The Morgan fingerprint density at radius 2 is 2.00 bits per heavy atom. The first-order chi connectivity index (χ1) is 14.1. The number of hydrogen-bond donors (Lipinski definition) is 2. The highest BCUT2D eigenvalue weighted by molar-refractivity contribution is 5.96.